The van der Waals surface area contributed by atoms with Gasteiger partial charge in [0.15, 0.2) is 0 Å². The molecule has 0 bridgehead atoms. The number of hydrogen-bond acceptors (Lipinski definition) is 5. The minimum absolute atomic E-state index is 0.0262. The average Bonchev–Trinajstić information content (AvgIpc) is 2.40. The van der Waals surface area contributed by atoms with Crippen molar-refractivity contribution < 1.29 is 4.79 Å². The third kappa shape index (κ3) is 4.68. The normalized spacial score (nSPS) is 12.1. The van der Waals surface area contributed by atoms with Crippen LogP contribution >= 0.6 is 0 Å². The highest BCUT2D eigenvalue weighted by atomic mass is 16.2. The van der Waals surface area contributed by atoms with Crippen LogP contribution in [0.1, 0.15) is 33.3 Å². The Labute approximate surface area is 120 Å². The van der Waals surface area contributed by atoms with Crippen LogP contribution < -0.4 is 16.0 Å². The van der Waals surface area contributed by atoms with Crippen LogP contribution in [0.3, 0.4) is 0 Å². The maximum Gasteiger partial charge on any atom is 0.242 e. The van der Waals surface area contributed by atoms with E-state index in [1.54, 1.807) is 0 Å². The topological polar surface area (TPSA) is 78.9 Å². The number of hydrogen-bond donors (Lipinski definition) is 3. The molecular weight excluding hydrogens is 254 g/mol. The van der Waals surface area contributed by atoms with Crippen molar-refractivity contribution >= 4 is 17.5 Å². The fourth-order valence-corrected chi connectivity index (χ4v) is 1.67. The van der Waals surface area contributed by atoms with Gasteiger partial charge < -0.3 is 16.0 Å². The summed E-state index contributed by atoms with van der Waals surface area (Å²) in [5.41, 5.74) is 0.915. The van der Waals surface area contributed by atoms with Crippen molar-refractivity contribution in [1.82, 2.24) is 15.3 Å². The molecule has 0 saturated carbocycles. The van der Waals surface area contributed by atoms with Crippen LogP contribution in [0, 0.1) is 12.8 Å². The summed E-state index contributed by atoms with van der Waals surface area (Å²) in [5, 5.41) is 9.20. The molecule has 1 atom stereocenters. The van der Waals surface area contributed by atoms with Crippen LogP contribution in [0.2, 0.25) is 0 Å². The van der Waals surface area contributed by atoms with Crippen LogP contribution in [0.25, 0.3) is 0 Å². The van der Waals surface area contributed by atoms with E-state index in [9.17, 15) is 4.79 Å². The molecule has 6 heteroatoms. The second-order valence-electron chi connectivity index (χ2n) is 5.23. The zero-order chi connectivity index (χ0) is 15.1. The highest BCUT2D eigenvalue weighted by Crippen LogP contribution is 2.18. The van der Waals surface area contributed by atoms with Crippen LogP contribution in [-0.2, 0) is 4.79 Å². The van der Waals surface area contributed by atoms with Gasteiger partial charge in [0.1, 0.15) is 24.0 Å². The van der Waals surface area contributed by atoms with Gasteiger partial charge in [-0.3, -0.25) is 4.79 Å². The average molecular weight is 279 g/mol. The molecule has 1 heterocycles. The maximum absolute atomic E-state index is 11.9. The summed E-state index contributed by atoms with van der Waals surface area (Å²) in [4.78, 5) is 20.3. The maximum atomic E-state index is 11.9. The Morgan fingerprint density at radius 2 is 1.90 bits per heavy atom. The molecule has 1 unspecified atom stereocenters. The number of anilines is 2. The van der Waals surface area contributed by atoms with Crippen molar-refractivity contribution in [2.24, 2.45) is 5.92 Å². The van der Waals surface area contributed by atoms with Gasteiger partial charge in [-0.15, -0.1) is 0 Å². The van der Waals surface area contributed by atoms with Crippen LogP contribution in [0.5, 0.6) is 0 Å². The first-order chi connectivity index (χ1) is 9.45. The van der Waals surface area contributed by atoms with Gasteiger partial charge in [0.2, 0.25) is 5.91 Å². The Kier molecular flexibility index (Phi) is 6.21. The number of nitrogens with one attached hydrogen (secondary N) is 3. The Morgan fingerprint density at radius 3 is 2.50 bits per heavy atom. The highest BCUT2D eigenvalue weighted by molar-refractivity contribution is 5.84. The molecule has 0 aliphatic heterocycles. The van der Waals surface area contributed by atoms with Gasteiger partial charge in [0.25, 0.3) is 0 Å². The molecule has 112 valence electrons. The van der Waals surface area contributed by atoms with E-state index in [1.807, 2.05) is 20.8 Å². The minimum Gasteiger partial charge on any atom is -0.370 e. The first-order valence-electron chi connectivity index (χ1n) is 7.05. The molecule has 0 fully saturated rings. The fourth-order valence-electron chi connectivity index (χ4n) is 1.67. The first kappa shape index (κ1) is 16.2. The van der Waals surface area contributed by atoms with E-state index in [-0.39, 0.29) is 11.9 Å². The van der Waals surface area contributed by atoms with Crippen molar-refractivity contribution in [2.45, 2.75) is 40.7 Å². The Bertz CT molecular complexity index is 447. The molecule has 3 N–H and O–H groups in total. The Morgan fingerprint density at radius 1 is 1.25 bits per heavy atom. The lowest BCUT2D eigenvalue weighted by atomic mass is 10.2. The summed E-state index contributed by atoms with van der Waals surface area (Å²) in [6.07, 6.45) is 1.49. The smallest absolute Gasteiger partial charge is 0.242 e. The first-order valence-corrected chi connectivity index (χ1v) is 7.05. The molecule has 20 heavy (non-hydrogen) atoms. The monoisotopic (exact) mass is 279 g/mol. The largest absolute Gasteiger partial charge is 0.370 e. The molecular formula is C14H25N5O. The van der Waals surface area contributed by atoms with Crippen molar-refractivity contribution in [3.8, 4) is 0 Å². The van der Waals surface area contributed by atoms with Crippen molar-refractivity contribution in [1.29, 1.82) is 0 Å². The summed E-state index contributed by atoms with van der Waals surface area (Å²) in [5.74, 6) is 1.89. The Balaban J connectivity index is 2.68. The predicted molar refractivity (Wildman–Crippen MR) is 81.9 cm³/mol. The van der Waals surface area contributed by atoms with Gasteiger partial charge in [0, 0.05) is 18.7 Å². The zero-order valence-electron chi connectivity index (χ0n) is 12.9. The van der Waals surface area contributed by atoms with Crippen molar-refractivity contribution in [2.75, 3.05) is 23.7 Å². The minimum atomic E-state index is -0.336. The number of rotatable bonds is 7. The fraction of sp³-hybridized carbons (Fsp3) is 0.643. The van der Waals surface area contributed by atoms with Crippen LogP contribution in [-0.4, -0.2) is 35.0 Å². The van der Waals surface area contributed by atoms with E-state index in [0.717, 1.165) is 17.9 Å². The summed E-state index contributed by atoms with van der Waals surface area (Å²) < 4.78 is 0. The summed E-state index contributed by atoms with van der Waals surface area (Å²) >= 11 is 0. The van der Waals surface area contributed by atoms with E-state index >= 15 is 0 Å². The predicted octanol–water partition coefficient (Wildman–Crippen LogP) is 1.79. The molecule has 0 spiro atoms. The molecule has 1 aromatic heterocycles. The third-order valence-corrected chi connectivity index (χ3v) is 2.86. The third-order valence-electron chi connectivity index (χ3n) is 2.86. The number of amides is 1. The quantitative estimate of drug-likeness (QED) is 0.709. The lowest BCUT2D eigenvalue weighted by Gasteiger charge is -2.17. The van der Waals surface area contributed by atoms with Gasteiger partial charge in [0.05, 0.1) is 0 Å². The number of nitrogens with zero attached hydrogens (tertiary/aromatic N) is 2. The standard InChI is InChI=1S/C14H25N5O/c1-6-15-12-10(4)13(18-8-17-12)19-11(5)14(20)16-7-9(2)3/h8-9,11H,6-7H2,1-5H3,(H,16,20)(H2,15,17,18,19). The van der Waals surface area contributed by atoms with Gasteiger partial charge in [-0.1, -0.05) is 13.8 Å². The SMILES string of the molecule is CCNc1ncnc(NC(C)C(=O)NCC(C)C)c1C. The summed E-state index contributed by atoms with van der Waals surface area (Å²) in [6.45, 7) is 11.4. The summed E-state index contributed by atoms with van der Waals surface area (Å²) in [7, 11) is 0. The number of carbonyl (C=O) groups excluding carboxylic acids is 1. The summed E-state index contributed by atoms with van der Waals surface area (Å²) in [6, 6.07) is -0.336. The van der Waals surface area contributed by atoms with E-state index in [1.165, 1.54) is 6.33 Å². The van der Waals surface area contributed by atoms with Gasteiger partial charge in [-0.2, -0.15) is 0 Å². The van der Waals surface area contributed by atoms with E-state index in [4.69, 9.17) is 0 Å². The molecule has 6 nitrogen and oxygen atoms in total. The molecule has 1 amide bonds. The zero-order valence-corrected chi connectivity index (χ0v) is 12.9. The van der Waals surface area contributed by atoms with Gasteiger partial charge >= 0.3 is 0 Å². The lowest BCUT2D eigenvalue weighted by Crippen LogP contribution is -2.39. The number of aromatic nitrogens is 2. The van der Waals surface area contributed by atoms with Crippen LogP contribution in [0.4, 0.5) is 11.6 Å². The molecule has 1 aromatic rings. The number of carbonyl (C=O) groups is 1. The van der Waals surface area contributed by atoms with Gasteiger partial charge in [-0.25, -0.2) is 9.97 Å². The van der Waals surface area contributed by atoms with E-state index < -0.39 is 0 Å². The second kappa shape index (κ2) is 7.67. The van der Waals surface area contributed by atoms with E-state index in [0.29, 0.717) is 18.3 Å². The molecule has 0 saturated heterocycles. The van der Waals surface area contributed by atoms with Crippen molar-refractivity contribution in [3.63, 3.8) is 0 Å². The molecule has 0 aliphatic rings. The molecule has 0 aliphatic carbocycles. The van der Waals surface area contributed by atoms with Crippen LogP contribution in [0.15, 0.2) is 6.33 Å². The molecule has 0 radical (unpaired) electrons. The van der Waals surface area contributed by atoms with Gasteiger partial charge in [-0.05, 0) is 26.7 Å². The van der Waals surface area contributed by atoms with E-state index in [2.05, 4.69) is 39.8 Å². The second-order valence-corrected chi connectivity index (χ2v) is 5.23. The molecule has 1 rings (SSSR count). The lowest BCUT2D eigenvalue weighted by molar-refractivity contribution is -0.121. The Hall–Kier alpha value is -1.85. The molecule has 0 aromatic carbocycles. The highest BCUT2D eigenvalue weighted by Gasteiger charge is 2.15. The van der Waals surface area contributed by atoms with Crippen molar-refractivity contribution in [3.05, 3.63) is 11.9 Å².